The van der Waals surface area contributed by atoms with E-state index in [0.717, 1.165) is 23.4 Å². The first-order valence-electron chi connectivity index (χ1n) is 9.01. The Bertz CT molecular complexity index is 903. The summed E-state index contributed by atoms with van der Waals surface area (Å²) in [7, 11) is 3.91. The van der Waals surface area contributed by atoms with Gasteiger partial charge in [0.05, 0.1) is 16.0 Å². The summed E-state index contributed by atoms with van der Waals surface area (Å²) in [6.07, 6.45) is 6.42. The predicted octanol–water partition coefficient (Wildman–Crippen LogP) is 3.78. The lowest BCUT2D eigenvalue weighted by molar-refractivity contribution is -0.135. The molecule has 0 aromatic heterocycles. The van der Waals surface area contributed by atoms with Crippen molar-refractivity contribution < 1.29 is 14.7 Å². The second kappa shape index (κ2) is 8.52. The number of halogens is 2. The third kappa shape index (κ3) is 4.32. The van der Waals surface area contributed by atoms with E-state index < -0.39 is 11.9 Å². The summed E-state index contributed by atoms with van der Waals surface area (Å²) in [4.78, 5) is 28.3. The lowest BCUT2D eigenvalue weighted by Gasteiger charge is -2.36. The predicted molar refractivity (Wildman–Crippen MR) is 110 cm³/mol. The Hall–Kier alpha value is -2.08. The fourth-order valence-corrected chi connectivity index (χ4v) is 3.87. The zero-order valence-electron chi connectivity index (χ0n) is 15.8. The van der Waals surface area contributed by atoms with Gasteiger partial charge in [-0.2, -0.15) is 0 Å². The first-order valence-corrected chi connectivity index (χ1v) is 9.76. The Morgan fingerprint density at radius 3 is 2.71 bits per heavy atom. The van der Waals surface area contributed by atoms with Crippen LogP contribution in [0.4, 0.5) is 0 Å². The molecular formula is C21H22Cl2N2O3. The molecule has 0 saturated carbocycles. The van der Waals surface area contributed by atoms with Crippen LogP contribution in [0.25, 0.3) is 0 Å². The minimum absolute atomic E-state index is 0.164. The lowest BCUT2D eigenvalue weighted by Crippen LogP contribution is -2.40. The molecule has 0 bridgehead atoms. The second-order valence-electron chi connectivity index (χ2n) is 7.27. The highest BCUT2D eigenvalue weighted by molar-refractivity contribution is 6.42. The maximum Gasteiger partial charge on any atom is 0.340 e. The number of ketones is 1. The molecule has 148 valence electrons. The van der Waals surface area contributed by atoms with Gasteiger partial charge in [-0.05, 0) is 44.6 Å². The van der Waals surface area contributed by atoms with E-state index >= 15 is 0 Å². The number of hydrogen-bond acceptors (Lipinski definition) is 4. The summed E-state index contributed by atoms with van der Waals surface area (Å²) >= 11 is 12.4. The standard InChI is InChI=1S/C21H22Cl2N2O3/c1-24(2)8-9-25-12-16(21(27)28)20(26)15-11-13(6-7-18(15)25)10-14-4-3-5-17(22)19(14)23/h3-7,12,15H,8-11H2,1-2H3,(H,27,28). The zero-order valence-corrected chi connectivity index (χ0v) is 17.3. The molecule has 0 saturated heterocycles. The van der Waals surface area contributed by atoms with Gasteiger partial charge in [0.25, 0.3) is 0 Å². The van der Waals surface area contributed by atoms with Crippen molar-refractivity contribution >= 4 is 35.0 Å². The SMILES string of the molecule is CN(C)CCN1C=C(C(=O)O)C(=O)C2CC(Cc3cccc(Cl)c3Cl)=CC=C21. The molecule has 0 amide bonds. The second-order valence-corrected chi connectivity index (χ2v) is 8.06. The maximum atomic E-state index is 12.8. The molecule has 28 heavy (non-hydrogen) atoms. The number of carbonyl (C=O) groups excluding carboxylic acids is 1. The third-order valence-corrected chi connectivity index (χ3v) is 5.84. The van der Waals surface area contributed by atoms with E-state index in [4.69, 9.17) is 23.2 Å². The Labute approximate surface area is 174 Å². The number of carbonyl (C=O) groups is 2. The van der Waals surface area contributed by atoms with E-state index in [1.165, 1.54) is 6.20 Å². The first-order chi connectivity index (χ1) is 13.3. The molecule has 7 heteroatoms. The van der Waals surface area contributed by atoms with Crippen LogP contribution in [0, 0.1) is 5.92 Å². The van der Waals surface area contributed by atoms with Crippen molar-refractivity contribution in [1.82, 2.24) is 9.80 Å². The molecule has 1 aliphatic carbocycles. The quantitative estimate of drug-likeness (QED) is 0.709. The highest BCUT2D eigenvalue weighted by atomic mass is 35.5. The lowest BCUT2D eigenvalue weighted by atomic mass is 9.81. The first kappa shape index (κ1) is 20.6. The number of Topliss-reactive ketones (excluding diaryl/α,β-unsaturated/α-hetero) is 1. The van der Waals surface area contributed by atoms with E-state index in [2.05, 4.69) is 0 Å². The van der Waals surface area contributed by atoms with Crippen LogP contribution < -0.4 is 0 Å². The Kier molecular flexibility index (Phi) is 6.28. The van der Waals surface area contributed by atoms with Crippen LogP contribution in [0.1, 0.15) is 12.0 Å². The summed E-state index contributed by atoms with van der Waals surface area (Å²) in [5.41, 5.74) is 2.59. The topological polar surface area (TPSA) is 60.9 Å². The number of allylic oxidation sites excluding steroid dienone is 4. The smallest absolute Gasteiger partial charge is 0.340 e. The van der Waals surface area contributed by atoms with Crippen molar-refractivity contribution in [2.45, 2.75) is 12.8 Å². The maximum absolute atomic E-state index is 12.8. The number of carboxylic acids is 1. The molecule has 1 aliphatic heterocycles. The summed E-state index contributed by atoms with van der Waals surface area (Å²) in [6, 6.07) is 5.48. The number of benzene rings is 1. The Balaban J connectivity index is 1.89. The summed E-state index contributed by atoms with van der Waals surface area (Å²) in [6.45, 7) is 1.36. The highest BCUT2D eigenvalue weighted by Gasteiger charge is 2.37. The molecule has 0 spiro atoms. The number of likely N-dealkylation sites (N-methyl/N-ethyl adjacent to an activating group) is 1. The van der Waals surface area contributed by atoms with Crippen molar-refractivity contribution in [3.8, 4) is 0 Å². The molecule has 1 heterocycles. The highest BCUT2D eigenvalue weighted by Crippen LogP contribution is 2.37. The summed E-state index contributed by atoms with van der Waals surface area (Å²) in [5, 5.41) is 10.5. The van der Waals surface area contributed by atoms with Gasteiger partial charge in [-0.3, -0.25) is 4.79 Å². The van der Waals surface area contributed by atoms with Gasteiger partial charge in [0.1, 0.15) is 5.57 Å². The number of rotatable bonds is 6. The van der Waals surface area contributed by atoms with Crippen LogP contribution >= 0.6 is 23.2 Å². The Morgan fingerprint density at radius 1 is 1.29 bits per heavy atom. The fraction of sp³-hybridized carbons (Fsp3) is 0.333. The van der Waals surface area contributed by atoms with Crippen LogP contribution in [0.5, 0.6) is 0 Å². The minimum Gasteiger partial charge on any atom is -0.478 e. The van der Waals surface area contributed by atoms with E-state index in [1.807, 2.05) is 48.2 Å². The van der Waals surface area contributed by atoms with Crippen molar-refractivity contribution in [3.05, 3.63) is 69.0 Å². The summed E-state index contributed by atoms with van der Waals surface area (Å²) in [5.74, 6) is -2.02. The van der Waals surface area contributed by atoms with Gasteiger partial charge < -0.3 is 14.9 Å². The van der Waals surface area contributed by atoms with E-state index in [1.54, 1.807) is 6.07 Å². The van der Waals surface area contributed by atoms with Crippen LogP contribution in [0.15, 0.2) is 53.4 Å². The molecule has 1 N–H and O–H groups in total. The van der Waals surface area contributed by atoms with Crippen molar-refractivity contribution in [2.24, 2.45) is 5.92 Å². The van der Waals surface area contributed by atoms with Crippen LogP contribution in [-0.2, 0) is 16.0 Å². The average molecular weight is 421 g/mol. The van der Waals surface area contributed by atoms with E-state index in [0.29, 0.717) is 29.4 Å². The number of carboxylic acid groups (broad SMARTS) is 1. The molecule has 1 aromatic rings. The average Bonchev–Trinajstić information content (AvgIpc) is 2.65. The molecule has 1 aromatic carbocycles. The molecule has 3 rings (SSSR count). The van der Waals surface area contributed by atoms with Gasteiger partial charge in [0.2, 0.25) is 0 Å². The monoisotopic (exact) mass is 420 g/mol. The van der Waals surface area contributed by atoms with Crippen molar-refractivity contribution in [3.63, 3.8) is 0 Å². The zero-order chi connectivity index (χ0) is 20.4. The van der Waals surface area contributed by atoms with Crippen LogP contribution in [-0.4, -0.2) is 53.8 Å². The normalized spacial score (nSPS) is 19.2. The molecule has 0 fully saturated rings. The van der Waals surface area contributed by atoms with Gasteiger partial charge in [0, 0.05) is 25.0 Å². The van der Waals surface area contributed by atoms with Crippen LogP contribution in [0.2, 0.25) is 10.0 Å². The van der Waals surface area contributed by atoms with Gasteiger partial charge >= 0.3 is 5.97 Å². The molecule has 2 aliphatic rings. The molecule has 1 atom stereocenters. The Morgan fingerprint density at radius 2 is 2.04 bits per heavy atom. The van der Waals surface area contributed by atoms with Gasteiger partial charge in [-0.15, -0.1) is 0 Å². The number of nitrogens with zero attached hydrogens (tertiary/aromatic N) is 2. The number of hydrogen-bond donors (Lipinski definition) is 1. The van der Waals surface area contributed by atoms with E-state index in [9.17, 15) is 14.7 Å². The van der Waals surface area contributed by atoms with Crippen molar-refractivity contribution in [2.75, 3.05) is 27.2 Å². The van der Waals surface area contributed by atoms with Gasteiger partial charge in [-0.25, -0.2) is 4.79 Å². The number of fused-ring (bicyclic) bond motifs is 1. The largest absolute Gasteiger partial charge is 0.478 e. The van der Waals surface area contributed by atoms with Crippen molar-refractivity contribution in [1.29, 1.82) is 0 Å². The van der Waals surface area contributed by atoms with E-state index in [-0.39, 0.29) is 11.4 Å². The number of aliphatic carboxylic acids is 1. The molecule has 5 nitrogen and oxygen atoms in total. The van der Waals surface area contributed by atoms with Gasteiger partial charge in [-0.1, -0.05) is 47.0 Å². The molecule has 1 unspecified atom stereocenters. The summed E-state index contributed by atoms with van der Waals surface area (Å²) < 4.78 is 0. The molecule has 0 radical (unpaired) electrons. The third-order valence-electron chi connectivity index (χ3n) is 4.98. The van der Waals surface area contributed by atoms with Crippen LogP contribution in [0.3, 0.4) is 0 Å². The fourth-order valence-electron chi connectivity index (χ4n) is 3.48. The van der Waals surface area contributed by atoms with Gasteiger partial charge in [0.15, 0.2) is 5.78 Å². The molecular weight excluding hydrogens is 399 g/mol. The minimum atomic E-state index is -1.19.